The predicted molar refractivity (Wildman–Crippen MR) is 79.8 cm³/mol. The van der Waals surface area contributed by atoms with Crippen LogP contribution in [0.5, 0.6) is 0 Å². The Kier molecular flexibility index (Phi) is 4.17. The van der Waals surface area contributed by atoms with E-state index in [4.69, 9.17) is 11.6 Å². The highest BCUT2D eigenvalue weighted by molar-refractivity contribution is 7.99. The quantitative estimate of drug-likeness (QED) is 0.772. The lowest BCUT2D eigenvalue weighted by Gasteiger charge is -2.36. The molecule has 18 heavy (non-hydrogen) atoms. The lowest BCUT2D eigenvalue weighted by Crippen LogP contribution is -2.42. The first-order valence-corrected chi connectivity index (χ1v) is 8.42. The molecule has 3 rings (SSSR count). The second kappa shape index (κ2) is 5.85. The van der Waals surface area contributed by atoms with Gasteiger partial charge in [0.05, 0.1) is 0 Å². The maximum atomic E-state index is 6.11. The summed E-state index contributed by atoms with van der Waals surface area (Å²) in [5.74, 6) is 2.74. The zero-order chi connectivity index (χ0) is 12.4. The molecule has 1 aromatic rings. The van der Waals surface area contributed by atoms with Crippen LogP contribution in [0.15, 0.2) is 29.2 Å². The highest BCUT2D eigenvalue weighted by atomic mass is 35.5. The SMILES string of the molecule is ClCC1CCCCN1CC1CSc2ccccc21. The van der Waals surface area contributed by atoms with Crippen molar-refractivity contribution < 1.29 is 0 Å². The van der Waals surface area contributed by atoms with Crippen LogP contribution < -0.4 is 0 Å². The van der Waals surface area contributed by atoms with Gasteiger partial charge in [-0.05, 0) is 31.0 Å². The Morgan fingerprint density at radius 1 is 1.28 bits per heavy atom. The van der Waals surface area contributed by atoms with Gasteiger partial charge in [0.2, 0.25) is 0 Å². The molecule has 0 aliphatic carbocycles. The Hall–Kier alpha value is -0.180. The van der Waals surface area contributed by atoms with Crippen LogP contribution in [0.3, 0.4) is 0 Å². The van der Waals surface area contributed by atoms with Crippen LogP contribution in [0, 0.1) is 0 Å². The van der Waals surface area contributed by atoms with E-state index in [1.807, 2.05) is 11.8 Å². The normalized spacial score (nSPS) is 28.3. The summed E-state index contributed by atoms with van der Waals surface area (Å²) in [6, 6.07) is 9.50. The fraction of sp³-hybridized carbons (Fsp3) is 0.600. The second-order valence-corrected chi connectivity index (χ2v) is 6.72. The van der Waals surface area contributed by atoms with Gasteiger partial charge in [-0.15, -0.1) is 23.4 Å². The van der Waals surface area contributed by atoms with E-state index in [-0.39, 0.29) is 0 Å². The molecular formula is C15H20ClNS. The Morgan fingerprint density at radius 3 is 3.06 bits per heavy atom. The largest absolute Gasteiger partial charge is 0.299 e. The highest BCUT2D eigenvalue weighted by Crippen LogP contribution is 2.40. The van der Waals surface area contributed by atoms with E-state index in [1.54, 1.807) is 5.56 Å². The minimum Gasteiger partial charge on any atom is -0.299 e. The number of thioether (sulfide) groups is 1. The zero-order valence-corrected chi connectivity index (χ0v) is 12.2. The molecule has 2 atom stereocenters. The van der Waals surface area contributed by atoms with Crippen molar-refractivity contribution in [1.82, 2.24) is 4.90 Å². The molecule has 3 heteroatoms. The van der Waals surface area contributed by atoms with Crippen LogP contribution in [-0.4, -0.2) is 35.7 Å². The van der Waals surface area contributed by atoms with E-state index >= 15 is 0 Å². The van der Waals surface area contributed by atoms with Crippen molar-refractivity contribution >= 4 is 23.4 Å². The molecule has 1 nitrogen and oxygen atoms in total. The first-order chi connectivity index (χ1) is 8.88. The molecule has 0 N–H and O–H groups in total. The summed E-state index contributed by atoms with van der Waals surface area (Å²) in [6.45, 7) is 2.43. The molecule has 0 saturated carbocycles. The van der Waals surface area contributed by atoms with Crippen molar-refractivity contribution in [2.24, 2.45) is 0 Å². The number of piperidine rings is 1. The summed E-state index contributed by atoms with van der Waals surface area (Å²) in [5.41, 5.74) is 1.56. The third-order valence-corrected chi connectivity index (χ3v) is 5.79. The van der Waals surface area contributed by atoms with Gasteiger partial charge in [-0.25, -0.2) is 0 Å². The number of rotatable bonds is 3. The number of fused-ring (bicyclic) bond motifs is 1. The van der Waals surface area contributed by atoms with Crippen molar-refractivity contribution in [3.8, 4) is 0 Å². The summed E-state index contributed by atoms with van der Waals surface area (Å²) < 4.78 is 0. The van der Waals surface area contributed by atoms with Crippen LogP contribution in [-0.2, 0) is 0 Å². The van der Waals surface area contributed by atoms with Gasteiger partial charge in [0.15, 0.2) is 0 Å². The fourth-order valence-corrected chi connectivity index (χ4v) is 4.73. The number of hydrogen-bond acceptors (Lipinski definition) is 2. The fourth-order valence-electron chi connectivity index (χ4n) is 3.14. The highest BCUT2D eigenvalue weighted by Gasteiger charge is 2.28. The van der Waals surface area contributed by atoms with Crippen molar-refractivity contribution in [1.29, 1.82) is 0 Å². The van der Waals surface area contributed by atoms with Crippen LogP contribution in [0.4, 0.5) is 0 Å². The first-order valence-electron chi connectivity index (χ1n) is 6.90. The minimum atomic E-state index is 0.609. The van der Waals surface area contributed by atoms with Gasteiger partial charge in [0, 0.05) is 35.0 Å². The summed E-state index contributed by atoms with van der Waals surface area (Å²) in [5, 5.41) is 0. The van der Waals surface area contributed by atoms with Crippen LogP contribution >= 0.6 is 23.4 Å². The lowest BCUT2D eigenvalue weighted by molar-refractivity contribution is 0.156. The van der Waals surface area contributed by atoms with E-state index in [0.29, 0.717) is 12.0 Å². The lowest BCUT2D eigenvalue weighted by atomic mass is 9.97. The van der Waals surface area contributed by atoms with Crippen LogP contribution in [0.25, 0.3) is 0 Å². The Bertz CT molecular complexity index is 409. The van der Waals surface area contributed by atoms with E-state index < -0.39 is 0 Å². The van der Waals surface area contributed by atoms with Crippen molar-refractivity contribution in [3.63, 3.8) is 0 Å². The van der Waals surface area contributed by atoms with Gasteiger partial charge in [-0.2, -0.15) is 0 Å². The molecule has 2 heterocycles. The van der Waals surface area contributed by atoms with Crippen LogP contribution in [0.1, 0.15) is 30.7 Å². The monoisotopic (exact) mass is 281 g/mol. The number of benzene rings is 1. The summed E-state index contributed by atoms with van der Waals surface area (Å²) in [4.78, 5) is 4.12. The van der Waals surface area contributed by atoms with Crippen molar-refractivity contribution in [3.05, 3.63) is 29.8 Å². The van der Waals surface area contributed by atoms with Crippen LogP contribution in [0.2, 0.25) is 0 Å². The molecular weight excluding hydrogens is 262 g/mol. The van der Waals surface area contributed by atoms with Gasteiger partial charge in [-0.1, -0.05) is 24.6 Å². The number of halogens is 1. The van der Waals surface area contributed by atoms with Gasteiger partial charge in [0.1, 0.15) is 0 Å². The second-order valence-electron chi connectivity index (χ2n) is 5.34. The zero-order valence-electron chi connectivity index (χ0n) is 10.6. The van der Waals surface area contributed by atoms with Crippen molar-refractivity contribution in [2.45, 2.75) is 36.1 Å². The molecule has 0 radical (unpaired) electrons. The van der Waals surface area contributed by atoms with E-state index in [1.165, 1.54) is 43.0 Å². The smallest absolute Gasteiger partial charge is 0.0379 e. The van der Waals surface area contributed by atoms with Crippen molar-refractivity contribution in [2.75, 3.05) is 24.7 Å². The minimum absolute atomic E-state index is 0.609. The third-order valence-electron chi connectivity index (χ3n) is 4.18. The third kappa shape index (κ3) is 2.56. The van der Waals surface area contributed by atoms with Gasteiger partial charge in [0.25, 0.3) is 0 Å². The number of hydrogen-bond donors (Lipinski definition) is 0. The molecule has 0 spiro atoms. The topological polar surface area (TPSA) is 3.24 Å². The molecule has 0 aromatic heterocycles. The predicted octanol–water partition coefficient (Wildman–Crippen LogP) is 3.97. The molecule has 1 saturated heterocycles. The van der Waals surface area contributed by atoms with E-state index in [9.17, 15) is 0 Å². The molecule has 0 amide bonds. The molecule has 2 aliphatic rings. The number of likely N-dealkylation sites (tertiary alicyclic amines) is 1. The standard InChI is InChI=1S/C15H20ClNS/c16-9-13-5-3-4-8-17(13)10-12-11-18-15-7-2-1-6-14(12)15/h1-2,6-7,12-13H,3-5,8-11H2. The average Bonchev–Trinajstić information content (AvgIpc) is 2.83. The van der Waals surface area contributed by atoms with Gasteiger partial charge >= 0.3 is 0 Å². The Morgan fingerprint density at radius 2 is 2.17 bits per heavy atom. The van der Waals surface area contributed by atoms with E-state index in [0.717, 1.165) is 5.88 Å². The molecule has 2 unspecified atom stereocenters. The molecule has 98 valence electrons. The molecule has 2 aliphatic heterocycles. The molecule has 0 bridgehead atoms. The van der Waals surface area contributed by atoms with E-state index in [2.05, 4.69) is 29.2 Å². The summed E-state index contributed by atoms with van der Waals surface area (Å²) >= 11 is 8.13. The van der Waals surface area contributed by atoms with Gasteiger partial charge < -0.3 is 0 Å². The Balaban J connectivity index is 1.70. The maximum Gasteiger partial charge on any atom is 0.0379 e. The average molecular weight is 282 g/mol. The summed E-state index contributed by atoms with van der Waals surface area (Å²) in [7, 11) is 0. The first kappa shape index (κ1) is 12.8. The molecule has 1 fully saturated rings. The number of alkyl halides is 1. The number of nitrogens with zero attached hydrogens (tertiary/aromatic N) is 1. The maximum absolute atomic E-state index is 6.11. The Labute approximate surface area is 119 Å². The molecule has 1 aromatic carbocycles. The van der Waals surface area contributed by atoms with Gasteiger partial charge in [-0.3, -0.25) is 4.90 Å². The summed E-state index contributed by atoms with van der Waals surface area (Å²) in [6.07, 6.45) is 3.98.